The first-order chi connectivity index (χ1) is 14.8. The summed E-state index contributed by atoms with van der Waals surface area (Å²) < 4.78 is 34.3. The van der Waals surface area contributed by atoms with E-state index in [0.29, 0.717) is 42.3 Å². The van der Waals surface area contributed by atoms with Crippen molar-refractivity contribution in [2.75, 3.05) is 31.3 Å². The second-order valence-corrected chi connectivity index (χ2v) is 7.39. The summed E-state index contributed by atoms with van der Waals surface area (Å²) in [6.07, 6.45) is 2.12. The maximum Gasteiger partial charge on any atom is 0.407 e. The molecule has 0 saturated carbocycles. The third kappa shape index (κ3) is 5.48. The summed E-state index contributed by atoms with van der Waals surface area (Å²) in [6, 6.07) is 1.96. The molecule has 2 aromatic heterocycles. The molecule has 0 aliphatic heterocycles. The van der Waals surface area contributed by atoms with Gasteiger partial charge in [-0.2, -0.15) is 9.97 Å². The minimum Gasteiger partial charge on any atom is -0.450 e. The van der Waals surface area contributed by atoms with Crippen molar-refractivity contribution in [2.45, 2.75) is 25.9 Å². The number of nitrogens with zero attached hydrogens (tertiary/aromatic N) is 5. The topological polar surface area (TPSA) is 111 Å². The molecule has 12 heteroatoms. The highest BCUT2D eigenvalue weighted by molar-refractivity contribution is 6.30. The smallest absolute Gasteiger partial charge is 0.407 e. The number of nitrogen functional groups attached to an aromatic ring is 1. The summed E-state index contributed by atoms with van der Waals surface area (Å²) in [5.41, 5.74) is 6.81. The van der Waals surface area contributed by atoms with Crippen molar-refractivity contribution in [1.82, 2.24) is 24.8 Å². The maximum atomic E-state index is 13.7. The van der Waals surface area contributed by atoms with Crippen molar-refractivity contribution >= 4 is 40.6 Å². The molecule has 0 aliphatic rings. The van der Waals surface area contributed by atoms with Gasteiger partial charge >= 0.3 is 6.09 Å². The number of rotatable bonds is 8. The van der Waals surface area contributed by atoms with E-state index in [2.05, 4.69) is 20.3 Å². The Morgan fingerprint density at radius 1 is 1.26 bits per heavy atom. The van der Waals surface area contributed by atoms with Crippen LogP contribution in [0.1, 0.15) is 18.4 Å². The van der Waals surface area contributed by atoms with E-state index in [0.717, 1.165) is 12.1 Å². The summed E-state index contributed by atoms with van der Waals surface area (Å²) in [5.74, 6) is -0.874. The van der Waals surface area contributed by atoms with Crippen LogP contribution >= 0.6 is 11.6 Å². The first-order valence-corrected chi connectivity index (χ1v) is 9.83. The Bertz CT molecular complexity index is 1070. The fraction of sp³-hybridized carbons (Fsp3) is 0.368. The Morgan fingerprint density at radius 2 is 1.97 bits per heavy atom. The van der Waals surface area contributed by atoms with Crippen LogP contribution in [0.5, 0.6) is 0 Å². The van der Waals surface area contributed by atoms with E-state index >= 15 is 0 Å². The number of ether oxygens (including phenoxy) is 1. The predicted molar refractivity (Wildman–Crippen MR) is 113 cm³/mol. The summed E-state index contributed by atoms with van der Waals surface area (Å²) in [7, 11) is 3.64. The van der Waals surface area contributed by atoms with Gasteiger partial charge in [-0.15, -0.1) is 0 Å². The van der Waals surface area contributed by atoms with Crippen LogP contribution in [-0.4, -0.2) is 46.3 Å². The lowest BCUT2D eigenvalue weighted by atomic mass is 10.2. The van der Waals surface area contributed by atoms with Gasteiger partial charge in [-0.3, -0.25) is 0 Å². The molecule has 31 heavy (non-hydrogen) atoms. The Kier molecular flexibility index (Phi) is 7.06. The van der Waals surface area contributed by atoms with Crippen molar-refractivity contribution in [3.63, 3.8) is 0 Å². The second-order valence-electron chi connectivity index (χ2n) is 6.96. The van der Waals surface area contributed by atoms with E-state index in [9.17, 15) is 13.6 Å². The van der Waals surface area contributed by atoms with Crippen molar-refractivity contribution in [2.24, 2.45) is 0 Å². The van der Waals surface area contributed by atoms with Crippen molar-refractivity contribution in [1.29, 1.82) is 0 Å². The number of hydrogen-bond donors (Lipinski definition) is 2. The Hall–Kier alpha value is -3.21. The highest BCUT2D eigenvalue weighted by Crippen LogP contribution is 2.20. The fourth-order valence-corrected chi connectivity index (χ4v) is 3.01. The number of amides is 1. The molecular weight excluding hydrogens is 432 g/mol. The summed E-state index contributed by atoms with van der Waals surface area (Å²) in [5, 5.41) is 2.26. The van der Waals surface area contributed by atoms with Crippen molar-refractivity contribution in [3.05, 3.63) is 40.7 Å². The van der Waals surface area contributed by atoms with Gasteiger partial charge in [0.1, 0.15) is 17.2 Å². The monoisotopic (exact) mass is 453 g/mol. The van der Waals surface area contributed by atoms with Crippen LogP contribution in [0, 0.1) is 11.6 Å². The predicted octanol–water partition coefficient (Wildman–Crippen LogP) is 3.11. The first kappa shape index (κ1) is 22.5. The average molecular weight is 454 g/mol. The Balaban J connectivity index is 1.45. The van der Waals surface area contributed by atoms with Gasteiger partial charge in [0.05, 0.1) is 19.5 Å². The SMILES string of the molecule is CN(C)c1nc(N)c2ncn(CCCCOC(=O)NCc3c(F)cc(Cl)cc3F)c2n1. The average Bonchev–Trinajstić information content (AvgIpc) is 3.10. The molecule has 0 aliphatic carbocycles. The van der Waals surface area contributed by atoms with E-state index in [1.54, 1.807) is 11.2 Å². The van der Waals surface area contributed by atoms with E-state index in [-0.39, 0.29) is 23.7 Å². The molecule has 0 fully saturated rings. The van der Waals surface area contributed by atoms with E-state index in [1.165, 1.54) is 0 Å². The summed E-state index contributed by atoms with van der Waals surface area (Å²) >= 11 is 5.57. The zero-order valence-electron chi connectivity index (χ0n) is 17.0. The molecule has 0 saturated heterocycles. The highest BCUT2D eigenvalue weighted by Gasteiger charge is 2.14. The number of fused-ring (bicyclic) bond motifs is 1. The number of imidazole rings is 1. The molecule has 0 bridgehead atoms. The largest absolute Gasteiger partial charge is 0.450 e. The molecule has 166 valence electrons. The molecule has 0 unspecified atom stereocenters. The zero-order chi connectivity index (χ0) is 22.5. The quantitative estimate of drug-likeness (QED) is 0.504. The number of halogens is 3. The molecule has 2 heterocycles. The fourth-order valence-electron chi connectivity index (χ4n) is 2.82. The molecular formula is C19H22ClF2N7O2. The van der Waals surface area contributed by atoms with Gasteiger partial charge in [-0.05, 0) is 25.0 Å². The number of carbonyl (C=O) groups excluding carboxylic acids is 1. The van der Waals surface area contributed by atoms with Crippen LogP contribution in [0.4, 0.5) is 25.3 Å². The minimum atomic E-state index is -0.834. The van der Waals surface area contributed by atoms with Crippen LogP contribution < -0.4 is 16.0 Å². The minimum absolute atomic E-state index is 0.0564. The van der Waals surface area contributed by atoms with Crippen molar-refractivity contribution in [3.8, 4) is 0 Å². The van der Waals surface area contributed by atoms with Gasteiger partial charge in [-0.25, -0.2) is 18.6 Å². The lowest BCUT2D eigenvalue weighted by Crippen LogP contribution is -2.25. The lowest BCUT2D eigenvalue weighted by molar-refractivity contribution is 0.143. The van der Waals surface area contributed by atoms with Gasteiger partial charge in [0, 0.05) is 31.2 Å². The zero-order valence-corrected chi connectivity index (χ0v) is 17.8. The van der Waals surface area contributed by atoms with E-state index < -0.39 is 17.7 Å². The summed E-state index contributed by atoms with van der Waals surface area (Å²) in [6.45, 7) is 0.389. The number of aryl methyl sites for hydroxylation is 1. The molecule has 0 atom stereocenters. The molecule has 1 amide bonds. The Labute approximate surface area is 182 Å². The van der Waals surface area contributed by atoms with Gasteiger partial charge in [0.25, 0.3) is 0 Å². The number of unbranched alkanes of at least 4 members (excludes halogenated alkanes) is 1. The Morgan fingerprint density at radius 3 is 2.65 bits per heavy atom. The van der Waals surface area contributed by atoms with Crippen LogP contribution in [0.25, 0.3) is 11.2 Å². The van der Waals surface area contributed by atoms with Crippen LogP contribution in [-0.2, 0) is 17.8 Å². The maximum absolute atomic E-state index is 13.7. The van der Waals surface area contributed by atoms with Crippen molar-refractivity contribution < 1.29 is 18.3 Å². The number of nitrogens with two attached hydrogens (primary N) is 1. The van der Waals surface area contributed by atoms with Gasteiger partial charge in [0.2, 0.25) is 5.95 Å². The molecule has 3 N–H and O–H groups in total. The number of nitrogens with one attached hydrogen (secondary N) is 1. The third-order valence-electron chi connectivity index (χ3n) is 4.42. The molecule has 0 spiro atoms. The van der Waals surface area contributed by atoms with Gasteiger partial charge < -0.3 is 25.3 Å². The van der Waals surface area contributed by atoms with Crippen LogP contribution in [0.3, 0.4) is 0 Å². The van der Waals surface area contributed by atoms with Crippen LogP contribution in [0.2, 0.25) is 5.02 Å². The van der Waals surface area contributed by atoms with E-state index in [1.807, 2.05) is 18.7 Å². The molecule has 3 aromatic rings. The number of benzene rings is 1. The molecule has 1 aromatic carbocycles. The summed E-state index contributed by atoms with van der Waals surface area (Å²) in [4.78, 5) is 26.4. The number of anilines is 2. The number of alkyl carbamates (subject to hydrolysis) is 1. The van der Waals surface area contributed by atoms with Gasteiger partial charge in [-0.1, -0.05) is 11.6 Å². The van der Waals surface area contributed by atoms with Gasteiger partial charge in [0.15, 0.2) is 11.5 Å². The second kappa shape index (κ2) is 9.73. The van der Waals surface area contributed by atoms with E-state index in [4.69, 9.17) is 22.1 Å². The highest BCUT2D eigenvalue weighted by atomic mass is 35.5. The molecule has 0 radical (unpaired) electrons. The molecule has 3 rings (SSSR count). The molecule has 9 nitrogen and oxygen atoms in total. The standard InChI is InChI=1S/C19H22ClF2N7O2/c1-28(2)18-26-16(23)15-17(27-18)29(10-25-15)5-3-4-6-31-19(30)24-9-12-13(21)7-11(20)8-14(12)22/h7-8,10H,3-6,9H2,1-2H3,(H,24,30)(H2,23,26,27). The lowest BCUT2D eigenvalue weighted by Gasteiger charge is -2.11. The number of hydrogen-bond acceptors (Lipinski definition) is 7. The number of carbonyl (C=O) groups is 1. The normalized spacial score (nSPS) is 11.0. The number of aromatic nitrogens is 4. The van der Waals surface area contributed by atoms with Crippen LogP contribution in [0.15, 0.2) is 18.5 Å². The third-order valence-corrected chi connectivity index (χ3v) is 4.64. The first-order valence-electron chi connectivity index (χ1n) is 9.46.